The highest BCUT2D eigenvalue weighted by Gasteiger charge is 2.19. The molecule has 1 heterocycles. The molecule has 0 saturated carbocycles. The molecule has 4 aromatic rings. The molecule has 0 aliphatic carbocycles. The Kier molecular flexibility index (Phi) is 5.48. The van der Waals surface area contributed by atoms with Crippen molar-refractivity contribution in [2.75, 3.05) is 0 Å². The summed E-state index contributed by atoms with van der Waals surface area (Å²) in [7, 11) is 0. The largest absolute Gasteiger partial charge is 0.344 e. The van der Waals surface area contributed by atoms with E-state index in [1.54, 1.807) is 4.68 Å². The van der Waals surface area contributed by atoms with Crippen LogP contribution in [-0.2, 0) is 0 Å². The Balaban J connectivity index is 1.72. The number of carbonyl (C=O) groups is 1. The summed E-state index contributed by atoms with van der Waals surface area (Å²) in [4.78, 5) is 13.2. The summed E-state index contributed by atoms with van der Waals surface area (Å²) in [5.41, 5.74) is 6.63. The summed E-state index contributed by atoms with van der Waals surface area (Å²) in [5, 5.41) is 7.89. The van der Waals surface area contributed by atoms with Crippen molar-refractivity contribution in [3.05, 3.63) is 107 Å². The third-order valence-corrected chi connectivity index (χ3v) is 5.39. The standard InChI is InChI=1S/C26H25N3O/c1-18-14-15-22(16-19(18)2)24-17-25(29(28-24)23-12-8-5-9-13-23)26(30)27-20(3)21-10-6-4-7-11-21/h4-17,20H,1-3H3,(H,27,30)/t20-/m1/s1. The number of carbonyl (C=O) groups excluding carboxylic acids is 1. The maximum Gasteiger partial charge on any atom is 0.270 e. The van der Waals surface area contributed by atoms with Crippen molar-refractivity contribution >= 4 is 5.91 Å². The second-order valence-corrected chi connectivity index (χ2v) is 7.57. The van der Waals surface area contributed by atoms with Crippen LogP contribution in [0.25, 0.3) is 16.9 Å². The Morgan fingerprint density at radius 3 is 2.20 bits per heavy atom. The van der Waals surface area contributed by atoms with E-state index in [9.17, 15) is 4.79 Å². The van der Waals surface area contributed by atoms with E-state index < -0.39 is 0 Å². The number of aromatic nitrogens is 2. The quantitative estimate of drug-likeness (QED) is 0.475. The number of para-hydroxylation sites is 1. The summed E-state index contributed by atoms with van der Waals surface area (Å²) in [6, 6.07) is 27.7. The van der Waals surface area contributed by atoms with E-state index >= 15 is 0 Å². The molecule has 1 atom stereocenters. The molecular weight excluding hydrogens is 370 g/mol. The van der Waals surface area contributed by atoms with Crippen LogP contribution >= 0.6 is 0 Å². The molecule has 1 N–H and O–H groups in total. The molecule has 4 heteroatoms. The van der Waals surface area contributed by atoms with E-state index in [4.69, 9.17) is 5.10 Å². The van der Waals surface area contributed by atoms with E-state index in [0.29, 0.717) is 5.69 Å². The Hall–Kier alpha value is -3.66. The smallest absolute Gasteiger partial charge is 0.270 e. The molecule has 0 spiro atoms. The molecule has 1 amide bonds. The molecule has 0 unspecified atom stereocenters. The number of hydrogen-bond acceptors (Lipinski definition) is 2. The Morgan fingerprint density at radius 2 is 1.53 bits per heavy atom. The first-order valence-corrected chi connectivity index (χ1v) is 10.1. The van der Waals surface area contributed by atoms with Gasteiger partial charge in [-0.25, -0.2) is 4.68 Å². The molecule has 0 saturated heterocycles. The van der Waals surface area contributed by atoms with Gasteiger partial charge in [-0.15, -0.1) is 0 Å². The summed E-state index contributed by atoms with van der Waals surface area (Å²) in [6.07, 6.45) is 0. The SMILES string of the molecule is Cc1ccc(-c2cc(C(=O)N[C@H](C)c3ccccc3)n(-c3ccccc3)n2)cc1C. The van der Waals surface area contributed by atoms with Crippen molar-refractivity contribution < 1.29 is 4.79 Å². The molecule has 150 valence electrons. The van der Waals surface area contributed by atoms with Crippen LogP contribution in [0.1, 0.15) is 40.1 Å². The monoisotopic (exact) mass is 395 g/mol. The molecule has 0 aliphatic rings. The highest BCUT2D eigenvalue weighted by Crippen LogP contribution is 2.24. The molecule has 4 rings (SSSR count). The third kappa shape index (κ3) is 4.03. The Labute approximate surface area is 177 Å². The second-order valence-electron chi connectivity index (χ2n) is 7.57. The molecular formula is C26H25N3O. The normalized spacial score (nSPS) is 11.8. The molecule has 4 nitrogen and oxygen atoms in total. The molecule has 0 fully saturated rings. The highest BCUT2D eigenvalue weighted by molar-refractivity contribution is 5.94. The fourth-order valence-electron chi connectivity index (χ4n) is 3.45. The van der Waals surface area contributed by atoms with Crippen molar-refractivity contribution in [2.24, 2.45) is 0 Å². The molecule has 0 aliphatic heterocycles. The van der Waals surface area contributed by atoms with Crippen LogP contribution in [0.5, 0.6) is 0 Å². The van der Waals surface area contributed by atoms with Crippen LogP contribution in [0.3, 0.4) is 0 Å². The predicted octanol–water partition coefficient (Wildman–Crippen LogP) is 5.65. The summed E-state index contributed by atoms with van der Waals surface area (Å²) in [6.45, 7) is 6.16. The molecule has 1 aromatic heterocycles. The first-order valence-electron chi connectivity index (χ1n) is 10.1. The second kappa shape index (κ2) is 8.37. The lowest BCUT2D eigenvalue weighted by Crippen LogP contribution is -2.28. The molecule has 0 bridgehead atoms. The maximum absolute atomic E-state index is 13.2. The van der Waals surface area contributed by atoms with Crippen LogP contribution < -0.4 is 5.32 Å². The van der Waals surface area contributed by atoms with Gasteiger partial charge >= 0.3 is 0 Å². The van der Waals surface area contributed by atoms with Gasteiger partial charge < -0.3 is 5.32 Å². The van der Waals surface area contributed by atoms with Gasteiger partial charge in [0.15, 0.2) is 0 Å². The van der Waals surface area contributed by atoms with Gasteiger partial charge in [-0.2, -0.15) is 5.10 Å². The molecule has 3 aromatic carbocycles. The third-order valence-electron chi connectivity index (χ3n) is 5.39. The predicted molar refractivity (Wildman–Crippen MR) is 121 cm³/mol. The number of rotatable bonds is 5. The maximum atomic E-state index is 13.2. The van der Waals surface area contributed by atoms with E-state index in [-0.39, 0.29) is 11.9 Å². The summed E-state index contributed by atoms with van der Waals surface area (Å²) >= 11 is 0. The number of aryl methyl sites for hydroxylation is 2. The summed E-state index contributed by atoms with van der Waals surface area (Å²) < 4.78 is 1.72. The lowest BCUT2D eigenvalue weighted by Gasteiger charge is -2.15. The number of nitrogens with zero attached hydrogens (tertiary/aromatic N) is 2. The van der Waals surface area contributed by atoms with Gasteiger partial charge in [0.05, 0.1) is 17.4 Å². The van der Waals surface area contributed by atoms with Crippen molar-refractivity contribution in [3.63, 3.8) is 0 Å². The minimum Gasteiger partial charge on any atom is -0.344 e. The Morgan fingerprint density at radius 1 is 0.867 bits per heavy atom. The number of amides is 1. The fraction of sp³-hybridized carbons (Fsp3) is 0.154. The van der Waals surface area contributed by atoms with Crippen molar-refractivity contribution in [1.82, 2.24) is 15.1 Å². The van der Waals surface area contributed by atoms with Crippen molar-refractivity contribution in [1.29, 1.82) is 0 Å². The zero-order valence-corrected chi connectivity index (χ0v) is 17.5. The average molecular weight is 396 g/mol. The molecule has 30 heavy (non-hydrogen) atoms. The van der Waals surface area contributed by atoms with E-state index in [0.717, 1.165) is 22.5 Å². The van der Waals surface area contributed by atoms with Crippen molar-refractivity contribution in [3.8, 4) is 16.9 Å². The van der Waals surface area contributed by atoms with Gasteiger partial charge in [0.1, 0.15) is 5.69 Å². The van der Waals surface area contributed by atoms with E-state index in [2.05, 4.69) is 31.3 Å². The average Bonchev–Trinajstić information content (AvgIpc) is 3.22. The van der Waals surface area contributed by atoms with Gasteiger partial charge in [-0.1, -0.05) is 60.7 Å². The minimum absolute atomic E-state index is 0.108. The topological polar surface area (TPSA) is 46.9 Å². The lowest BCUT2D eigenvalue weighted by molar-refractivity contribution is 0.0932. The van der Waals surface area contributed by atoms with Gasteiger partial charge in [0.25, 0.3) is 5.91 Å². The van der Waals surface area contributed by atoms with E-state index in [1.807, 2.05) is 79.7 Å². The zero-order chi connectivity index (χ0) is 21.1. The van der Waals surface area contributed by atoms with Crippen LogP contribution in [-0.4, -0.2) is 15.7 Å². The van der Waals surface area contributed by atoms with Gasteiger partial charge in [-0.05, 0) is 61.7 Å². The van der Waals surface area contributed by atoms with Crippen LogP contribution in [0.4, 0.5) is 0 Å². The van der Waals surface area contributed by atoms with Gasteiger partial charge in [0.2, 0.25) is 0 Å². The minimum atomic E-state index is -0.155. The number of hydrogen-bond donors (Lipinski definition) is 1. The summed E-state index contributed by atoms with van der Waals surface area (Å²) in [5.74, 6) is -0.155. The van der Waals surface area contributed by atoms with Crippen LogP contribution in [0.15, 0.2) is 84.9 Å². The first-order chi connectivity index (χ1) is 14.5. The van der Waals surface area contributed by atoms with E-state index in [1.165, 1.54) is 11.1 Å². The first kappa shape index (κ1) is 19.6. The zero-order valence-electron chi connectivity index (χ0n) is 17.5. The molecule has 0 radical (unpaired) electrons. The number of benzene rings is 3. The fourth-order valence-corrected chi connectivity index (χ4v) is 3.45. The van der Waals surface area contributed by atoms with Gasteiger partial charge in [0, 0.05) is 5.56 Å². The van der Waals surface area contributed by atoms with Gasteiger partial charge in [-0.3, -0.25) is 4.79 Å². The number of nitrogens with one attached hydrogen (secondary N) is 1. The highest BCUT2D eigenvalue weighted by atomic mass is 16.2. The Bertz CT molecular complexity index is 1160. The van der Waals surface area contributed by atoms with Crippen LogP contribution in [0.2, 0.25) is 0 Å². The lowest BCUT2D eigenvalue weighted by atomic mass is 10.0. The van der Waals surface area contributed by atoms with Crippen LogP contribution in [0, 0.1) is 13.8 Å². The van der Waals surface area contributed by atoms with Crippen molar-refractivity contribution in [2.45, 2.75) is 26.8 Å².